The predicted octanol–water partition coefficient (Wildman–Crippen LogP) is 3.25. The van der Waals surface area contributed by atoms with Crippen molar-refractivity contribution in [3.05, 3.63) is 41.3 Å². The summed E-state index contributed by atoms with van der Waals surface area (Å²) in [7, 11) is 0. The van der Waals surface area contributed by atoms with Crippen LogP contribution < -0.4 is 5.06 Å². The molecule has 0 spiro atoms. The van der Waals surface area contributed by atoms with Crippen molar-refractivity contribution < 1.29 is 13.6 Å². The minimum atomic E-state index is -0.739. The number of benzene rings is 1. The van der Waals surface area contributed by atoms with E-state index in [-0.39, 0.29) is 22.1 Å². The molecule has 0 unspecified atom stereocenters. The van der Waals surface area contributed by atoms with Gasteiger partial charge in [0.15, 0.2) is 5.82 Å². The molecule has 0 atom stereocenters. The van der Waals surface area contributed by atoms with Gasteiger partial charge in [-0.05, 0) is 25.0 Å². The largest absolute Gasteiger partial charge is 0.272 e. The number of hydrogen-bond acceptors (Lipinski definition) is 5. The van der Waals surface area contributed by atoms with Crippen molar-refractivity contribution in [2.45, 2.75) is 12.8 Å². The van der Waals surface area contributed by atoms with Gasteiger partial charge in [0.05, 0.1) is 12.2 Å². The Morgan fingerprint density at radius 3 is 2.83 bits per heavy atom. The van der Waals surface area contributed by atoms with Crippen LogP contribution in [0, 0.1) is 11.6 Å². The fourth-order valence-corrected chi connectivity index (χ4v) is 2.98. The molecular formula is C15H12ClF2N5O. The van der Waals surface area contributed by atoms with E-state index < -0.39 is 11.6 Å². The first-order valence-electron chi connectivity index (χ1n) is 7.40. The third-order valence-electron chi connectivity index (χ3n) is 3.80. The highest BCUT2D eigenvalue weighted by atomic mass is 35.5. The molecule has 9 heteroatoms. The zero-order chi connectivity index (χ0) is 16.7. The van der Waals surface area contributed by atoms with Crippen LogP contribution in [0.5, 0.6) is 0 Å². The molecule has 3 heterocycles. The van der Waals surface area contributed by atoms with E-state index >= 15 is 0 Å². The average molecular weight is 352 g/mol. The summed E-state index contributed by atoms with van der Waals surface area (Å²) in [6, 6.07) is 3.29. The minimum absolute atomic E-state index is 0.0465. The molecule has 2 aromatic heterocycles. The number of fused-ring (bicyclic) bond motifs is 1. The molecule has 0 N–H and O–H groups in total. The van der Waals surface area contributed by atoms with Crippen molar-refractivity contribution in [3.8, 4) is 11.1 Å². The second kappa shape index (κ2) is 5.95. The van der Waals surface area contributed by atoms with Gasteiger partial charge in [-0.2, -0.15) is 19.6 Å². The predicted molar refractivity (Wildman–Crippen MR) is 83.7 cm³/mol. The third kappa shape index (κ3) is 2.47. The van der Waals surface area contributed by atoms with Gasteiger partial charge in [0.2, 0.25) is 0 Å². The topological polar surface area (TPSA) is 55.5 Å². The molecule has 0 radical (unpaired) electrons. The van der Waals surface area contributed by atoms with Crippen LogP contribution in [0.4, 0.5) is 14.6 Å². The Hall–Kier alpha value is -2.32. The van der Waals surface area contributed by atoms with E-state index in [0.29, 0.717) is 19.0 Å². The van der Waals surface area contributed by atoms with Crippen molar-refractivity contribution in [2.75, 3.05) is 18.2 Å². The Bertz CT molecular complexity index is 910. The molecule has 0 saturated carbocycles. The van der Waals surface area contributed by atoms with Crippen LogP contribution in [0.1, 0.15) is 12.8 Å². The maximum Gasteiger partial charge on any atom is 0.255 e. The molecule has 3 aromatic rings. The van der Waals surface area contributed by atoms with E-state index in [2.05, 4.69) is 15.1 Å². The average Bonchev–Trinajstić information content (AvgIpc) is 3.03. The van der Waals surface area contributed by atoms with E-state index in [1.165, 1.54) is 23.0 Å². The Morgan fingerprint density at radius 2 is 2.08 bits per heavy atom. The zero-order valence-electron chi connectivity index (χ0n) is 12.4. The number of rotatable bonds is 2. The van der Waals surface area contributed by atoms with Crippen LogP contribution in [-0.2, 0) is 4.84 Å². The van der Waals surface area contributed by atoms with Crippen molar-refractivity contribution in [2.24, 2.45) is 0 Å². The molecule has 1 fully saturated rings. The number of halogens is 3. The quantitative estimate of drug-likeness (QED) is 0.663. The first-order valence-corrected chi connectivity index (χ1v) is 7.78. The fourth-order valence-electron chi connectivity index (χ4n) is 2.72. The Morgan fingerprint density at radius 1 is 1.21 bits per heavy atom. The maximum atomic E-state index is 14.4. The first-order chi connectivity index (χ1) is 11.6. The smallest absolute Gasteiger partial charge is 0.255 e. The summed E-state index contributed by atoms with van der Waals surface area (Å²) in [6.45, 7) is 1.12. The van der Waals surface area contributed by atoms with E-state index in [4.69, 9.17) is 16.4 Å². The van der Waals surface area contributed by atoms with Gasteiger partial charge >= 0.3 is 0 Å². The van der Waals surface area contributed by atoms with Gasteiger partial charge in [-0.3, -0.25) is 4.84 Å². The summed E-state index contributed by atoms with van der Waals surface area (Å²) < 4.78 is 29.1. The molecule has 1 aliphatic rings. The normalized spacial score (nSPS) is 15.2. The molecule has 1 saturated heterocycles. The fraction of sp³-hybridized carbons (Fsp3) is 0.267. The molecule has 0 bridgehead atoms. The van der Waals surface area contributed by atoms with Crippen LogP contribution >= 0.6 is 11.6 Å². The highest BCUT2D eigenvalue weighted by Crippen LogP contribution is 2.38. The molecule has 24 heavy (non-hydrogen) atoms. The van der Waals surface area contributed by atoms with Crippen LogP contribution in [0.25, 0.3) is 16.9 Å². The number of hydrogen-bond donors (Lipinski definition) is 0. The maximum absolute atomic E-state index is 14.4. The highest BCUT2D eigenvalue weighted by Gasteiger charge is 2.26. The van der Waals surface area contributed by atoms with Crippen molar-refractivity contribution >= 4 is 23.2 Å². The lowest BCUT2D eigenvalue weighted by Gasteiger charge is -2.29. The van der Waals surface area contributed by atoms with E-state index in [1.807, 2.05) is 0 Å². The van der Waals surface area contributed by atoms with Gasteiger partial charge in [-0.25, -0.2) is 13.8 Å². The molecule has 124 valence electrons. The molecule has 1 aliphatic heterocycles. The molecule has 6 nitrogen and oxygen atoms in total. The van der Waals surface area contributed by atoms with Crippen LogP contribution in [0.3, 0.4) is 0 Å². The third-order valence-corrected chi connectivity index (χ3v) is 4.07. The van der Waals surface area contributed by atoms with Gasteiger partial charge in [-0.1, -0.05) is 11.6 Å². The lowest BCUT2D eigenvalue weighted by molar-refractivity contribution is 0.0755. The SMILES string of the molecule is Fc1ccc(-c2c(Cl)nc3ncnn3c2N2CCCCO2)c(F)c1. The lowest BCUT2D eigenvalue weighted by atomic mass is 10.1. The lowest BCUT2D eigenvalue weighted by Crippen LogP contribution is -2.32. The molecule has 0 amide bonds. The number of aromatic nitrogens is 4. The Balaban J connectivity index is 2.01. The van der Waals surface area contributed by atoms with E-state index in [9.17, 15) is 8.78 Å². The second-order valence-electron chi connectivity index (χ2n) is 5.34. The summed E-state index contributed by atoms with van der Waals surface area (Å²) >= 11 is 6.30. The van der Waals surface area contributed by atoms with E-state index in [1.54, 1.807) is 5.06 Å². The first kappa shape index (κ1) is 15.2. The Kier molecular flexibility index (Phi) is 3.78. The number of nitrogens with zero attached hydrogens (tertiary/aromatic N) is 5. The Labute approximate surface area is 140 Å². The summed E-state index contributed by atoms with van der Waals surface area (Å²) in [4.78, 5) is 13.9. The summed E-state index contributed by atoms with van der Waals surface area (Å²) in [5.41, 5.74) is 0.407. The van der Waals surface area contributed by atoms with Crippen LogP contribution in [0.15, 0.2) is 24.5 Å². The van der Waals surface area contributed by atoms with Gasteiger partial charge in [0, 0.05) is 18.2 Å². The van der Waals surface area contributed by atoms with Crippen LogP contribution in [0.2, 0.25) is 5.15 Å². The number of anilines is 1. The van der Waals surface area contributed by atoms with Crippen LogP contribution in [-0.4, -0.2) is 32.7 Å². The molecule has 1 aromatic carbocycles. The monoisotopic (exact) mass is 351 g/mol. The van der Waals surface area contributed by atoms with Gasteiger partial charge in [0.1, 0.15) is 23.1 Å². The highest BCUT2D eigenvalue weighted by molar-refractivity contribution is 6.33. The summed E-state index contributed by atoms with van der Waals surface area (Å²) in [6.07, 6.45) is 3.16. The molecular weight excluding hydrogens is 340 g/mol. The van der Waals surface area contributed by atoms with Crippen molar-refractivity contribution in [3.63, 3.8) is 0 Å². The van der Waals surface area contributed by atoms with Gasteiger partial charge in [-0.15, -0.1) is 0 Å². The van der Waals surface area contributed by atoms with Crippen molar-refractivity contribution in [1.82, 2.24) is 19.6 Å². The summed E-state index contributed by atoms with van der Waals surface area (Å²) in [5, 5.41) is 5.79. The van der Waals surface area contributed by atoms with E-state index in [0.717, 1.165) is 18.9 Å². The second-order valence-corrected chi connectivity index (χ2v) is 5.70. The summed E-state index contributed by atoms with van der Waals surface area (Å²) in [5.74, 6) is -0.711. The van der Waals surface area contributed by atoms with Gasteiger partial charge in [0.25, 0.3) is 5.78 Å². The molecule has 0 aliphatic carbocycles. The van der Waals surface area contributed by atoms with Gasteiger partial charge < -0.3 is 0 Å². The number of hydroxylamine groups is 1. The zero-order valence-corrected chi connectivity index (χ0v) is 13.2. The molecule has 4 rings (SSSR count). The standard InChI is InChI=1S/C15H12ClF2N5O/c16-13-12(10-4-3-9(17)7-11(10)18)14(22-5-1-2-6-24-22)23-15(21-13)19-8-20-23/h3-4,7-8H,1-2,5-6H2. The van der Waals surface area contributed by atoms with Crippen molar-refractivity contribution in [1.29, 1.82) is 0 Å². The minimum Gasteiger partial charge on any atom is -0.272 e.